The van der Waals surface area contributed by atoms with Crippen LogP contribution >= 0.6 is 23.1 Å². The molecule has 0 saturated heterocycles. The average molecular weight is 248 g/mol. The molecule has 1 atom stereocenters. The molecular formula is C12H12N2S2. The van der Waals surface area contributed by atoms with Crippen molar-refractivity contribution in [2.24, 2.45) is 4.99 Å². The number of hydrogen-bond acceptors (Lipinski definition) is 4. The van der Waals surface area contributed by atoms with Gasteiger partial charge in [0, 0.05) is 21.7 Å². The van der Waals surface area contributed by atoms with E-state index in [0.717, 1.165) is 10.9 Å². The Morgan fingerprint density at radius 2 is 2.25 bits per heavy atom. The Balaban J connectivity index is 2.03. The Kier molecular flexibility index (Phi) is 2.41. The van der Waals surface area contributed by atoms with Crippen LogP contribution in [0.3, 0.4) is 0 Å². The van der Waals surface area contributed by atoms with Crippen molar-refractivity contribution < 1.29 is 0 Å². The quantitative estimate of drug-likeness (QED) is 0.747. The third-order valence-electron chi connectivity index (χ3n) is 2.60. The van der Waals surface area contributed by atoms with Crippen molar-refractivity contribution in [2.45, 2.75) is 19.9 Å². The van der Waals surface area contributed by atoms with E-state index in [9.17, 15) is 0 Å². The van der Waals surface area contributed by atoms with E-state index in [1.54, 1.807) is 23.1 Å². The van der Waals surface area contributed by atoms with Crippen molar-refractivity contribution in [3.8, 4) is 0 Å². The largest absolute Gasteiger partial charge is 0.315 e. The van der Waals surface area contributed by atoms with Crippen LogP contribution < -0.4 is 0 Å². The predicted octanol–water partition coefficient (Wildman–Crippen LogP) is 3.97. The van der Waals surface area contributed by atoms with Crippen LogP contribution in [-0.4, -0.2) is 10.1 Å². The number of rotatable bonds is 1. The molecule has 0 N–H and O–H groups in total. The Bertz CT molecular complexity index is 497. The van der Waals surface area contributed by atoms with Crippen molar-refractivity contribution >= 4 is 28.3 Å². The monoisotopic (exact) mass is 248 g/mol. The fourth-order valence-electron chi connectivity index (χ4n) is 1.93. The number of thiophene rings is 1. The molecule has 0 aliphatic carbocycles. The van der Waals surface area contributed by atoms with Crippen LogP contribution in [0.4, 0.5) is 0 Å². The van der Waals surface area contributed by atoms with Gasteiger partial charge in [-0.3, -0.25) is 0 Å². The van der Waals surface area contributed by atoms with Crippen LogP contribution in [-0.2, 0) is 0 Å². The number of fused-ring (bicyclic) bond motifs is 1. The van der Waals surface area contributed by atoms with Crippen LogP contribution in [0.5, 0.6) is 0 Å². The van der Waals surface area contributed by atoms with Crippen LogP contribution in [0, 0.1) is 0 Å². The molecule has 4 heteroatoms. The van der Waals surface area contributed by atoms with Gasteiger partial charge >= 0.3 is 0 Å². The van der Waals surface area contributed by atoms with Gasteiger partial charge in [-0.2, -0.15) is 0 Å². The van der Waals surface area contributed by atoms with Crippen molar-refractivity contribution in [1.29, 1.82) is 0 Å². The van der Waals surface area contributed by atoms with Gasteiger partial charge in [0.25, 0.3) is 0 Å². The lowest BCUT2D eigenvalue weighted by Crippen LogP contribution is -2.26. The third kappa shape index (κ3) is 1.62. The van der Waals surface area contributed by atoms with E-state index in [0.29, 0.717) is 6.04 Å². The van der Waals surface area contributed by atoms with Crippen molar-refractivity contribution in [1.82, 2.24) is 4.90 Å². The summed E-state index contributed by atoms with van der Waals surface area (Å²) in [6.45, 7) is 4.20. The maximum absolute atomic E-state index is 4.57. The highest BCUT2D eigenvalue weighted by Crippen LogP contribution is 2.40. The minimum absolute atomic E-state index is 0.331. The van der Waals surface area contributed by atoms with Crippen LogP contribution in [0.1, 0.15) is 24.8 Å². The SMILES string of the molecule is CC1=CC(c2cccs2)N2C=C(C)SC2=N1. The molecular weight excluding hydrogens is 236 g/mol. The maximum atomic E-state index is 4.57. The molecule has 0 fully saturated rings. The number of nitrogens with zero attached hydrogens (tertiary/aromatic N) is 2. The summed E-state index contributed by atoms with van der Waals surface area (Å²) < 4.78 is 0. The molecule has 16 heavy (non-hydrogen) atoms. The molecule has 2 aliphatic heterocycles. The molecule has 3 rings (SSSR count). The molecule has 0 spiro atoms. The summed E-state index contributed by atoms with van der Waals surface area (Å²) in [5.41, 5.74) is 1.11. The summed E-state index contributed by atoms with van der Waals surface area (Å²) in [5.74, 6) is 0. The van der Waals surface area contributed by atoms with Gasteiger partial charge in [-0.05, 0) is 31.4 Å². The molecule has 1 aromatic heterocycles. The molecule has 0 aromatic carbocycles. The molecule has 2 nitrogen and oxygen atoms in total. The number of thioether (sulfide) groups is 1. The minimum atomic E-state index is 0.331. The zero-order chi connectivity index (χ0) is 11.1. The molecule has 0 radical (unpaired) electrons. The number of aliphatic imine (C=N–C) groups is 1. The first kappa shape index (κ1) is 10.2. The number of allylic oxidation sites excluding steroid dienone is 2. The van der Waals surface area contributed by atoms with Gasteiger partial charge in [0.1, 0.15) is 0 Å². The second-order valence-corrected chi connectivity index (χ2v) is 6.10. The molecule has 0 bridgehead atoms. The number of hydrogen-bond donors (Lipinski definition) is 0. The zero-order valence-corrected chi connectivity index (χ0v) is 10.8. The Labute approximate surface area is 103 Å². The summed E-state index contributed by atoms with van der Waals surface area (Å²) in [6, 6.07) is 4.63. The second-order valence-electron chi connectivity index (χ2n) is 3.91. The predicted molar refractivity (Wildman–Crippen MR) is 71.4 cm³/mol. The first-order chi connectivity index (χ1) is 7.74. The maximum Gasteiger partial charge on any atom is 0.173 e. The summed E-state index contributed by atoms with van der Waals surface area (Å²) in [5, 5.41) is 3.24. The van der Waals surface area contributed by atoms with E-state index in [4.69, 9.17) is 0 Å². The van der Waals surface area contributed by atoms with Gasteiger partial charge < -0.3 is 4.90 Å². The van der Waals surface area contributed by atoms with E-state index in [1.165, 1.54) is 9.78 Å². The number of amidine groups is 1. The summed E-state index contributed by atoms with van der Waals surface area (Å²) in [7, 11) is 0. The average Bonchev–Trinajstić information content (AvgIpc) is 2.83. The molecule has 3 heterocycles. The topological polar surface area (TPSA) is 15.6 Å². The van der Waals surface area contributed by atoms with Crippen molar-refractivity contribution in [3.63, 3.8) is 0 Å². The molecule has 2 aliphatic rings. The molecule has 0 saturated carbocycles. The van der Waals surface area contributed by atoms with Gasteiger partial charge in [0.05, 0.1) is 6.04 Å². The fourth-order valence-corrected chi connectivity index (χ4v) is 3.64. The molecule has 1 aromatic rings. The third-order valence-corrected chi connectivity index (χ3v) is 4.45. The lowest BCUT2D eigenvalue weighted by atomic mass is 10.1. The summed E-state index contributed by atoms with van der Waals surface area (Å²) >= 11 is 3.56. The Morgan fingerprint density at radius 3 is 3.00 bits per heavy atom. The van der Waals surface area contributed by atoms with Crippen molar-refractivity contribution in [2.75, 3.05) is 0 Å². The Morgan fingerprint density at radius 1 is 1.38 bits per heavy atom. The fraction of sp³-hybridized carbons (Fsp3) is 0.250. The minimum Gasteiger partial charge on any atom is -0.315 e. The highest BCUT2D eigenvalue weighted by molar-refractivity contribution is 8.17. The van der Waals surface area contributed by atoms with E-state index in [-0.39, 0.29) is 0 Å². The zero-order valence-electron chi connectivity index (χ0n) is 9.18. The standard InChI is InChI=1S/C12H12N2S2/c1-8-6-10(11-4-3-5-15-11)14-7-9(2)16-12(14)13-8/h3-7,10H,1-2H3. The van der Waals surface area contributed by atoms with Gasteiger partial charge in [-0.1, -0.05) is 17.8 Å². The lowest BCUT2D eigenvalue weighted by molar-refractivity contribution is 0.490. The second kappa shape index (κ2) is 3.79. The van der Waals surface area contributed by atoms with Crippen LogP contribution in [0.15, 0.2) is 45.4 Å². The van der Waals surface area contributed by atoms with Gasteiger partial charge in [0.2, 0.25) is 0 Å². The first-order valence-electron chi connectivity index (χ1n) is 5.19. The summed E-state index contributed by atoms with van der Waals surface area (Å²) in [4.78, 5) is 9.52. The van der Waals surface area contributed by atoms with Gasteiger partial charge in [-0.15, -0.1) is 11.3 Å². The lowest BCUT2D eigenvalue weighted by Gasteiger charge is -2.27. The highest BCUT2D eigenvalue weighted by Gasteiger charge is 2.29. The van der Waals surface area contributed by atoms with E-state index >= 15 is 0 Å². The summed E-state index contributed by atoms with van der Waals surface area (Å²) in [6.07, 6.45) is 4.42. The molecule has 1 unspecified atom stereocenters. The highest BCUT2D eigenvalue weighted by atomic mass is 32.2. The van der Waals surface area contributed by atoms with E-state index in [1.807, 2.05) is 0 Å². The van der Waals surface area contributed by atoms with Gasteiger partial charge in [0.15, 0.2) is 5.17 Å². The van der Waals surface area contributed by atoms with Crippen LogP contribution in [0.25, 0.3) is 0 Å². The van der Waals surface area contributed by atoms with Crippen LogP contribution in [0.2, 0.25) is 0 Å². The normalized spacial score (nSPS) is 23.8. The van der Waals surface area contributed by atoms with E-state index in [2.05, 4.69) is 53.5 Å². The van der Waals surface area contributed by atoms with Gasteiger partial charge in [-0.25, -0.2) is 4.99 Å². The molecule has 82 valence electrons. The molecule has 0 amide bonds. The first-order valence-corrected chi connectivity index (χ1v) is 6.89. The van der Waals surface area contributed by atoms with E-state index < -0.39 is 0 Å². The van der Waals surface area contributed by atoms with Crippen molar-refractivity contribution in [3.05, 3.63) is 45.3 Å². The Hall–Kier alpha value is -1.00. The smallest absolute Gasteiger partial charge is 0.173 e.